The first-order chi connectivity index (χ1) is 16.1. The molecule has 5 aromatic rings. The van der Waals surface area contributed by atoms with E-state index in [1.54, 1.807) is 30.5 Å². The summed E-state index contributed by atoms with van der Waals surface area (Å²) >= 11 is 2.61. The third kappa shape index (κ3) is 4.24. The summed E-state index contributed by atoms with van der Waals surface area (Å²) in [6, 6.07) is 12.6. The van der Waals surface area contributed by atoms with Gasteiger partial charge in [0, 0.05) is 5.69 Å². The number of hydrogen-bond donors (Lipinski definition) is 1. The van der Waals surface area contributed by atoms with Crippen LogP contribution in [0.15, 0.2) is 68.5 Å². The predicted octanol–water partition coefficient (Wildman–Crippen LogP) is 3.88. The molecular weight excluding hydrogens is 462 g/mol. The van der Waals surface area contributed by atoms with E-state index in [0.717, 1.165) is 11.3 Å². The van der Waals surface area contributed by atoms with Crippen LogP contribution in [-0.4, -0.2) is 37.4 Å². The zero-order valence-corrected chi connectivity index (χ0v) is 19.2. The Morgan fingerprint density at radius 1 is 1.21 bits per heavy atom. The quantitative estimate of drug-likeness (QED) is 0.336. The molecule has 33 heavy (non-hydrogen) atoms. The largest absolute Gasteiger partial charge is 0.494 e. The summed E-state index contributed by atoms with van der Waals surface area (Å²) in [5.74, 6) is 1.75. The molecule has 0 saturated heterocycles. The topological polar surface area (TPSA) is 104 Å². The molecule has 0 aliphatic rings. The number of amides is 1. The average molecular weight is 482 g/mol. The molecule has 0 spiro atoms. The minimum Gasteiger partial charge on any atom is -0.494 e. The smallest absolute Gasteiger partial charge is 0.273 e. The van der Waals surface area contributed by atoms with Crippen LogP contribution >= 0.6 is 23.1 Å². The highest BCUT2D eigenvalue weighted by molar-refractivity contribution is 7.99. The van der Waals surface area contributed by atoms with Crippen molar-refractivity contribution in [2.24, 2.45) is 0 Å². The Hall–Kier alpha value is -3.57. The molecule has 1 aromatic carbocycles. The monoisotopic (exact) mass is 481 g/mol. The molecule has 0 bridgehead atoms. The van der Waals surface area contributed by atoms with Crippen LogP contribution in [0.3, 0.4) is 0 Å². The highest BCUT2D eigenvalue weighted by Crippen LogP contribution is 2.25. The third-order valence-electron chi connectivity index (χ3n) is 4.86. The number of fused-ring (bicyclic) bond motifs is 3. The number of carbonyl (C=O) groups is 1. The van der Waals surface area contributed by atoms with Gasteiger partial charge in [0.05, 0.1) is 30.7 Å². The van der Waals surface area contributed by atoms with E-state index in [4.69, 9.17) is 9.15 Å². The second-order valence-corrected chi connectivity index (χ2v) is 8.88. The highest BCUT2D eigenvalue weighted by Gasteiger charge is 2.19. The molecule has 4 heterocycles. The van der Waals surface area contributed by atoms with Crippen molar-refractivity contribution in [2.75, 3.05) is 17.7 Å². The van der Waals surface area contributed by atoms with Crippen LogP contribution in [0.1, 0.15) is 12.7 Å². The first kappa shape index (κ1) is 21.3. The number of thioether (sulfide) groups is 1. The number of ether oxygens (including phenoxy) is 1. The number of nitrogens with zero attached hydrogens (tertiary/aromatic N) is 4. The summed E-state index contributed by atoms with van der Waals surface area (Å²) in [6.45, 7) is 2.74. The lowest BCUT2D eigenvalue weighted by Gasteiger charge is -2.08. The van der Waals surface area contributed by atoms with Crippen molar-refractivity contribution in [3.05, 3.63) is 70.2 Å². The Morgan fingerprint density at radius 3 is 2.82 bits per heavy atom. The molecule has 0 radical (unpaired) electrons. The van der Waals surface area contributed by atoms with Crippen molar-refractivity contribution in [3.8, 4) is 5.75 Å². The molecule has 0 saturated carbocycles. The van der Waals surface area contributed by atoms with Gasteiger partial charge in [0.25, 0.3) is 5.56 Å². The van der Waals surface area contributed by atoms with Crippen LogP contribution in [-0.2, 0) is 11.3 Å². The Bertz CT molecular complexity index is 1470. The minimum absolute atomic E-state index is 0.136. The van der Waals surface area contributed by atoms with Gasteiger partial charge in [-0.1, -0.05) is 11.8 Å². The van der Waals surface area contributed by atoms with Gasteiger partial charge in [-0.25, -0.2) is 0 Å². The van der Waals surface area contributed by atoms with E-state index < -0.39 is 0 Å². The molecular formula is C22H19N5O4S2. The average Bonchev–Trinajstić information content (AvgIpc) is 3.57. The number of anilines is 1. The molecule has 1 amide bonds. The molecule has 0 aliphatic carbocycles. The second kappa shape index (κ2) is 9.12. The minimum atomic E-state index is -0.175. The lowest BCUT2D eigenvalue weighted by Crippen LogP contribution is -2.23. The SMILES string of the molecule is CCOc1ccc(NC(=O)CSc2nnc3n(Cc4ccco4)c(=O)c4sccc4n23)cc1. The number of carbonyl (C=O) groups excluding carboxylic acids is 1. The maximum atomic E-state index is 13.0. The molecule has 0 fully saturated rings. The summed E-state index contributed by atoms with van der Waals surface area (Å²) in [4.78, 5) is 25.6. The molecule has 5 rings (SSSR count). The fraction of sp³-hybridized carbons (Fsp3) is 0.182. The van der Waals surface area contributed by atoms with Gasteiger partial charge in [-0.15, -0.1) is 21.5 Å². The van der Waals surface area contributed by atoms with Crippen LogP contribution in [0.5, 0.6) is 5.75 Å². The molecule has 11 heteroatoms. The summed E-state index contributed by atoms with van der Waals surface area (Å²) in [5.41, 5.74) is 1.25. The molecule has 9 nitrogen and oxygen atoms in total. The van der Waals surface area contributed by atoms with Gasteiger partial charge in [-0.3, -0.25) is 18.6 Å². The number of benzene rings is 1. The lowest BCUT2D eigenvalue weighted by molar-refractivity contribution is -0.113. The maximum Gasteiger partial charge on any atom is 0.273 e. The second-order valence-electron chi connectivity index (χ2n) is 7.02. The van der Waals surface area contributed by atoms with E-state index in [2.05, 4.69) is 15.5 Å². The zero-order chi connectivity index (χ0) is 22.8. The highest BCUT2D eigenvalue weighted by atomic mass is 32.2. The van der Waals surface area contributed by atoms with Crippen LogP contribution in [0.4, 0.5) is 5.69 Å². The standard InChI is InChI=1S/C22H19N5O4S2/c1-2-30-15-7-5-14(6-8-15)23-18(28)13-33-22-25-24-21-26(12-16-4-3-10-31-16)20(29)19-17(27(21)22)9-11-32-19/h3-11H,2,12-13H2,1H3,(H,23,28). The molecule has 0 aliphatic heterocycles. The lowest BCUT2D eigenvalue weighted by atomic mass is 10.3. The molecule has 168 valence electrons. The summed E-state index contributed by atoms with van der Waals surface area (Å²) in [6.07, 6.45) is 1.56. The number of rotatable bonds is 8. The number of aromatic nitrogens is 4. The number of furan rings is 1. The molecule has 0 unspecified atom stereocenters. The van der Waals surface area contributed by atoms with Crippen LogP contribution in [0.25, 0.3) is 16.0 Å². The fourth-order valence-electron chi connectivity index (χ4n) is 3.42. The van der Waals surface area contributed by atoms with Gasteiger partial charge in [-0.05, 0) is 54.8 Å². The predicted molar refractivity (Wildman–Crippen MR) is 127 cm³/mol. The molecule has 1 N–H and O–H groups in total. The Labute approximate surface area is 196 Å². The van der Waals surface area contributed by atoms with Crippen LogP contribution in [0, 0.1) is 0 Å². The van der Waals surface area contributed by atoms with Gasteiger partial charge >= 0.3 is 0 Å². The van der Waals surface area contributed by atoms with Gasteiger partial charge in [0.2, 0.25) is 11.7 Å². The van der Waals surface area contributed by atoms with E-state index in [9.17, 15) is 9.59 Å². The summed E-state index contributed by atoms with van der Waals surface area (Å²) in [5, 5.41) is 13.8. The van der Waals surface area contributed by atoms with E-state index >= 15 is 0 Å². The number of nitrogens with one attached hydrogen (secondary N) is 1. The van der Waals surface area contributed by atoms with Gasteiger partial charge in [0.1, 0.15) is 16.2 Å². The van der Waals surface area contributed by atoms with Crippen LogP contribution in [0.2, 0.25) is 0 Å². The zero-order valence-electron chi connectivity index (χ0n) is 17.6. The third-order valence-corrected chi connectivity index (χ3v) is 6.68. The molecule has 4 aromatic heterocycles. The Morgan fingerprint density at radius 2 is 2.06 bits per heavy atom. The normalized spacial score (nSPS) is 11.3. The van der Waals surface area contributed by atoms with Crippen molar-refractivity contribution in [3.63, 3.8) is 0 Å². The summed E-state index contributed by atoms with van der Waals surface area (Å²) in [7, 11) is 0. The van der Waals surface area contributed by atoms with Gasteiger partial charge in [-0.2, -0.15) is 0 Å². The summed E-state index contributed by atoms with van der Waals surface area (Å²) < 4.78 is 14.8. The van der Waals surface area contributed by atoms with E-state index in [1.165, 1.54) is 27.7 Å². The van der Waals surface area contributed by atoms with Crippen molar-refractivity contribution in [1.29, 1.82) is 0 Å². The fourth-order valence-corrected chi connectivity index (χ4v) is 4.99. The van der Waals surface area contributed by atoms with E-state index in [1.807, 2.05) is 34.9 Å². The number of thiophene rings is 1. The Kier molecular flexibility index (Phi) is 5.88. The maximum absolute atomic E-state index is 13.0. The van der Waals surface area contributed by atoms with Crippen LogP contribution < -0.4 is 15.6 Å². The molecule has 0 atom stereocenters. The van der Waals surface area contributed by atoms with Gasteiger partial charge < -0.3 is 14.5 Å². The first-order valence-corrected chi connectivity index (χ1v) is 12.0. The van der Waals surface area contributed by atoms with Crippen molar-refractivity contribution < 1.29 is 13.9 Å². The van der Waals surface area contributed by atoms with E-state index in [-0.39, 0.29) is 23.8 Å². The van der Waals surface area contributed by atoms with Crippen molar-refractivity contribution >= 4 is 50.7 Å². The first-order valence-electron chi connectivity index (χ1n) is 10.2. The van der Waals surface area contributed by atoms with Gasteiger partial charge in [0.15, 0.2) is 5.16 Å². The number of hydrogen-bond acceptors (Lipinski definition) is 8. The van der Waals surface area contributed by atoms with Crippen molar-refractivity contribution in [2.45, 2.75) is 18.6 Å². The Balaban J connectivity index is 1.39. The van der Waals surface area contributed by atoms with Crippen molar-refractivity contribution in [1.82, 2.24) is 19.2 Å². The van der Waals surface area contributed by atoms with E-state index in [0.29, 0.717) is 33.7 Å².